The molecular formula is C12H12O2. The lowest BCUT2D eigenvalue weighted by Gasteiger charge is -2.21. The summed E-state index contributed by atoms with van der Waals surface area (Å²) in [6.45, 7) is 1.33. The lowest BCUT2D eigenvalue weighted by molar-refractivity contribution is 0.171. The highest BCUT2D eigenvalue weighted by Crippen LogP contribution is 2.35. The van der Waals surface area contributed by atoms with Crippen molar-refractivity contribution in [3.63, 3.8) is 0 Å². The van der Waals surface area contributed by atoms with E-state index in [1.807, 2.05) is 0 Å². The van der Waals surface area contributed by atoms with Crippen molar-refractivity contribution in [3.8, 4) is 11.5 Å². The molecule has 1 aromatic rings. The predicted octanol–water partition coefficient (Wildman–Crippen LogP) is 2.42. The molecule has 1 heterocycles. The minimum absolute atomic E-state index is 0.662. The van der Waals surface area contributed by atoms with Gasteiger partial charge in [0.25, 0.3) is 0 Å². The largest absolute Gasteiger partial charge is 0.486 e. The molecule has 0 atom stereocenters. The highest BCUT2D eigenvalue weighted by molar-refractivity contribution is 5.62. The highest BCUT2D eigenvalue weighted by Gasteiger charge is 2.15. The molecule has 14 heavy (non-hydrogen) atoms. The standard InChI is InChI=1S/C12H12O2/c1-2-4-10-8-12-11(7-9(10)3-1)13-5-6-14-12/h1,3,7-8H,2,4-6H2. The Kier molecular flexibility index (Phi) is 1.72. The number of benzene rings is 1. The topological polar surface area (TPSA) is 18.5 Å². The molecule has 2 nitrogen and oxygen atoms in total. The third-order valence-electron chi connectivity index (χ3n) is 2.68. The van der Waals surface area contributed by atoms with Crippen LogP contribution in [0.5, 0.6) is 11.5 Å². The van der Waals surface area contributed by atoms with Crippen molar-refractivity contribution in [1.29, 1.82) is 0 Å². The lowest BCUT2D eigenvalue weighted by atomic mass is 9.97. The number of ether oxygens (including phenoxy) is 2. The van der Waals surface area contributed by atoms with Gasteiger partial charge in [-0.05, 0) is 36.1 Å². The van der Waals surface area contributed by atoms with Crippen LogP contribution in [0.2, 0.25) is 0 Å². The van der Waals surface area contributed by atoms with E-state index in [2.05, 4.69) is 24.3 Å². The third kappa shape index (κ3) is 1.18. The van der Waals surface area contributed by atoms with E-state index in [1.54, 1.807) is 0 Å². The van der Waals surface area contributed by atoms with Gasteiger partial charge in [-0.25, -0.2) is 0 Å². The van der Waals surface area contributed by atoms with Crippen LogP contribution in [0.25, 0.3) is 6.08 Å². The second-order valence-corrected chi connectivity index (χ2v) is 3.64. The van der Waals surface area contributed by atoms with E-state index in [4.69, 9.17) is 9.47 Å². The zero-order valence-electron chi connectivity index (χ0n) is 7.95. The molecule has 0 unspecified atom stereocenters. The van der Waals surface area contributed by atoms with Crippen LogP contribution in [0, 0.1) is 0 Å². The lowest BCUT2D eigenvalue weighted by Crippen LogP contribution is -2.16. The van der Waals surface area contributed by atoms with E-state index in [1.165, 1.54) is 11.1 Å². The normalized spacial score (nSPS) is 17.7. The summed E-state index contributed by atoms with van der Waals surface area (Å²) < 4.78 is 11.1. The van der Waals surface area contributed by atoms with E-state index >= 15 is 0 Å². The molecule has 2 aliphatic rings. The summed E-state index contributed by atoms with van der Waals surface area (Å²) in [6.07, 6.45) is 6.62. The average molecular weight is 188 g/mol. The molecule has 0 fully saturated rings. The number of allylic oxidation sites excluding steroid dienone is 1. The number of rotatable bonds is 0. The molecule has 0 spiro atoms. The molecule has 0 saturated carbocycles. The first-order valence-electron chi connectivity index (χ1n) is 5.02. The Morgan fingerprint density at radius 3 is 2.64 bits per heavy atom. The summed E-state index contributed by atoms with van der Waals surface area (Å²) in [5.74, 6) is 1.80. The Morgan fingerprint density at radius 2 is 1.79 bits per heavy atom. The molecule has 2 heteroatoms. The Labute approximate surface area is 83.1 Å². The first-order valence-corrected chi connectivity index (χ1v) is 5.02. The van der Waals surface area contributed by atoms with Crippen molar-refractivity contribution in [2.75, 3.05) is 13.2 Å². The average Bonchev–Trinajstić information content (AvgIpc) is 2.26. The van der Waals surface area contributed by atoms with Gasteiger partial charge in [-0.1, -0.05) is 12.2 Å². The molecule has 0 saturated heterocycles. The summed E-state index contributed by atoms with van der Waals surface area (Å²) in [7, 11) is 0. The van der Waals surface area contributed by atoms with Gasteiger partial charge >= 0.3 is 0 Å². The summed E-state index contributed by atoms with van der Waals surface area (Å²) in [5.41, 5.74) is 2.65. The minimum atomic E-state index is 0.662. The van der Waals surface area contributed by atoms with Crippen LogP contribution in [-0.4, -0.2) is 13.2 Å². The summed E-state index contributed by atoms with van der Waals surface area (Å²) in [5, 5.41) is 0. The molecular weight excluding hydrogens is 176 g/mol. The molecule has 1 aromatic carbocycles. The molecule has 1 aliphatic carbocycles. The van der Waals surface area contributed by atoms with Crippen molar-refractivity contribution >= 4 is 6.08 Å². The van der Waals surface area contributed by atoms with Crippen molar-refractivity contribution in [2.24, 2.45) is 0 Å². The fourth-order valence-electron chi connectivity index (χ4n) is 1.97. The van der Waals surface area contributed by atoms with Crippen LogP contribution in [0.15, 0.2) is 18.2 Å². The minimum Gasteiger partial charge on any atom is -0.486 e. The maximum atomic E-state index is 5.54. The molecule has 0 radical (unpaired) electrons. The van der Waals surface area contributed by atoms with Crippen LogP contribution in [0.1, 0.15) is 17.5 Å². The molecule has 0 N–H and O–H groups in total. The Morgan fingerprint density at radius 1 is 1.00 bits per heavy atom. The van der Waals surface area contributed by atoms with Crippen molar-refractivity contribution in [1.82, 2.24) is 0 Å². The van der Waals surface area contributed by atoms with Gasteiger partial charge in [0, 0.05) is 0 Å². The van der Waals surface area contributed by atoms with Gasteiger partial charge in [-0.3, -0.25) is 0 Å². The quantitative estimate of drug-likeness (QED) is 0.622. The molecule has 1 aliphatic heterocycles. The van der Waals surface area contributed by atoms with Gasteiger partial charge in [0.2, 0.25) is 0 Å². The smallest absolute Gasteiger partial charge is 0.161 e. The van der Waals surface area contributed by atoms with Gasteiger partial charge in [-0.2, -0.15) is 0 Å². The van der Waals surface area contributed by atoms with Crippen LogP contribution in [0.4, 0.5) is 0 Å². The van der Waals surface area contributed by atoms with Gasteiger partial charge < -0.3 is 9.47 Å². The number of hydrogen-bond donors (Lipinski definition) is 0. The highest BCUT2D eigenvalue weighted by atomic mass is 16.6. The van der Waals surface area contributed by atoms with E-state index in [-0.39, 0.29) is 0 Å². The van der Waals surface area contributed by atoms with Gasteiger partial charge in [0.05, 0.1) is 0 Å². The number of hydrogen-bond acceptors (Lipinski definition) is 2. The van der Waals surface area contributed by atoms with Gasteiger partial charge in [0.1, 0.15) is 13.2 Å². The van der Waals surface area contributed by atoms with E-state index < -0.39 is 0 Å². The van der Waals surface area contributed by atoms with Gasteiger partial charge in [-0.15, -0.1) is 0 Å². The molecule has 3 rings (SSSR count). The first kappa shape index (κ1) is 7.92. The second-order valence-electron chi connectivity index (χ2n) is 3.64. The van der Waals surface area contributed by atoms with Gasteiger partial charge in [0.15, 0.2) is 11.5 Å². The van der Waals surface area contributed by atoms with E-state index in [9.17, 15) is 0 Å². The van der Waals surface area contributed by atoms with Crippen LogP contribution >= 0.6 is 0 Å². The zero-order chi connectivity index (χ0) is 9.38. The number of aryl methyl sites for hydroxylation is 1. The molecule has 0 aromatic heterocycles. The fraction of sp³-hybridized carbons (Fsp3) is 0.333. The van der Waals surface area contributed by atoms with Crippen molar-refractivity contribution in [3.05, 3.63) is 29.3 Å². The SMILES string of the molecule is C1=Cc2cc3c(cc2CC1)OCCO3. The Hall–Kier alpha value is -1.44. The van der Waals surface area contributed by atoms with Crippen LogP contribution in [-0.2, 0) is 6.42 Å². The number of fused-ring (bicyclic) bond motifs is 2. The maximum absolute atomic E-state index is 5.54. The monoisotopic (exact) mass is 188 g/mol. The molecule has 0 bridgehead atoms. The van der Waals surface area contributed by atoms with Crippen molar-refractivity contribution in [2.45, 2.75) is 12.8 Å². The second kappa shape index (κ2) is 3.05. The Bertz CT molecular complexity index is 394. The Balaban J connectivity index is 2.12. The molecule has 72 valence electrons. The van der Waals surface area contributed by atoms with Crippen LogP contribution < -0.4 is 9.47 Å². The fourth-order valence-corrected chi connectivity index (χ4v) is 1.97. The summed E-state index contributed by atoms with van der Waals surface area (Å²) in [6, 6.07) is 4.20. The predicted molar refractivity (Wildman–Crippen MR) is 54.8 cm³/mol. The summed E-state index contributed by atoms with van der Waals surface area (Å²) in [4.78, 5) is 0. The van der Waals surface area contributed by atoms with E-state index in [0.29, 0.717) is 13.2 Å². The van der Waals surface area contributed by atoms with Crippen LogP contribution in [0.3, 0.4) is 0 Å². The molecule has 0 amide bonds. The summed E-state index contributed by atoms with van der Waals surface area (Å²) >= 11 is 0. The first-order chi connectivity index (χ1) is 6.93. The van der Waals surface area contributed by atoms with Crippen molar-refractivity contribution < 1.29 is 9.47 Å². The third-order valence-corrected chi connectivity index (χ3v) is 2.68. The zero-order valence-corrected chi connectivity index (χ0v) is 7.95. The van der Waals surface area contributed by atoms with E-state index in [0.717, 1.165) is 24.3 Å². The maximum Gasteiger partial charge on any atom is 0.161 e.